The van der Waals surface area contributed by atoms with E-state index in [1.807, 2.05) is 13.0 Å². The monoisotopic (exact) mass is 290 g/mol. The van der Waals surface area contributed by atoms with E-state index < -0.39 is 0 Å². The molecule has 1 aliphatic heterocycles. The summed E-state index contributed by atoms with van der Waals surface area (Å²) in [5.41, 5.74) is 6.84. The Balaban J connectivity index is 1.54. The first-order valence-electron chi connectivity index (χ1n) is 6.86. The number of aromatic amines is 1. The highest BCUT2D eigenvalue weighted by Crippen LogP contribution is 2.12. The molecule has 0 unspecified atom stereocenters. The first-order valence-corrected chi connectivity index (χ1v) is 6.86. The number of carbonyl (C=O) groups is 1. The number of nitrogens with zero attached hydrogens (tertiary/aromatic N) is 4. The molecule has 1 fully saturated rings. The van der Waals surface area contributed by atoms with E-state index in [0.29, 0.717) is 24.6 Å². The minimum atomic E-state index is -0.0608. The number of anilines is 1. The summed E-state index contributed by atoms with van der Waals surface area (Å²) in [7, 11) is 0. The zero-order chi connectivity index (χ0) is 14.8. The minimum Gasteiger partial charge on any atom is -0.382 e. The summed E-state index contributed by atoms with van der Waals surface area (Å²) in [4.78, 5) is 16.3. The van der Waals surface area contributed by atoms with E-state index in [2.05, 4.69) is 20.3 Å². The third kappa shape index (κ3) is 3.05. The lowest BCUT2D eigenvalue weighted by Gasteiger charge is -2.33. The first-order chi connectivity index (χ1) is 10.1. The van der Waals surface area contributed by atoms with Gasteiger partial charge in [0, 0.05) is 38.3 Å². The third-order valence-corrected chi connectivity index (χ3v) is 3.54. The second-order valence-corrected chi connectivity index (χ2v) is 5.21. The highest BCUT2D eigenvalue weighted by molar-refractivity contribution is 5.93. The number of hydrogen-bond donors (Lipinski definition) is 2. The van der Waals surface area contributed by atoms with Crippen LogP contribution in [0.4, 0.5) is 5.82 Å². The first kappa shape index (κ1) is 13.6. The Labute approximate surface area is 121 Å². The van der Waals surface area contributed by atoms with E-state index in [0.717, 1.165) is 31.1 Å². The fraction of sp³-hybridized carbons (Fsp3) is 0.462. The van der Waals surface area contributed by atoms with Crippen molar-refractivity contribution in [1.82, 2.24) is 25.2 Å². The second kappa shape index (κ2) is 5.57. The van der Waals surface area contributed by atoms with Crippen molar-refractivity contribution in [1.29, 1.82) is 0 Å². The molecule has 3 rings (SSSR count). The van der Waals surface area contributed by atoms with Gasteiger partial charge in [-0.2, -0.15) is 5.10 Å². The third-order valence-electron chi connectivity index (χ3n) is 3.54. The van der Waals surface area contributed by atoms with Crippen molar-refractivity contribution in [3.8, 4) is 0 Å². The summed E-state index contributed by atoms with van der Waals surface area (Å²) in [6.07, 6.45) is 0. The lowest BCUT2D eigenvalue weighted by Crippen LogP contribution is -2.48. The van der Waals surface area contributed by atoms with Crippen molar-refractivity contribution >= 4 is 11.7 Å². The summed E-state index contributed by atoms with van der Waals surface area (Å²) < 4.78 is 5.21. The zero-order valence-electron chi connectivity index (χ0n) is 11.9. The molecule has 8 heteroatoms. The van der Waals surface area contributed by atoms with Crippen LogP contribution < -0.4 is 5.73 Å². The number of aromatic nitrogens is 3. The number of carbonyl (C=O) groups excluding carboxylic acids is 1. The molecule has 0 radical (unpaired) electrons. The van der Waals surface area contributed by atoms with E-state index in [1.165, 1.54) is 0 Å². The van der Waals surface area contributed by atoms with Crippen molar-refractivity contribution < 1.29 is 9.32 Å². The molecule has 0 aliphatic carbocycles. The van der Waals surface area contributed by atoms with Gasteiger partial charge in [-0.3, -0.25) is 14.8 Å². The minimum absolute atomic E-state index is 0.0608. The molecule has 21 heavy (non-hydrogen) atoms. The smallest absolute Gasteiger partial charge is 0.272 e. The van der Waals surface area contributed by atoms with Gasteiger partial charge in [0.15, 0.2) is 5.76 Å². The predicted octanol–water partition coefficient (Wildman–Crippen LogP) is 0.246. The molecule has 0 spiro atoms. The maximum Gasteiger partial charge on any atom is 0.272 e. The lowest BCUT2D eigenvalue weighted by atomic mass is 10.2. The zero-order valence-corrected chi connectivity index (χ0v) is 11.9. The van der Waals surface area contributed by atoms with Crippen molar-refractivity contribution in [3.05, 3.63) is 29.3 Å². The number of aryl methyl sites for hydroxylation is 1. The highest BCUT2D eigenvalue weighted by atomic mass is 16.5. The Hall–Kier alpha value is -2.35. The van der Waals surface area contributed by atoms with Crippen LogP contribution in [0.3, 0.4) is 0 Å². The number of nitrogen functional groups attached to an aromatic ring is 1. The number of piperazine rings is 1. The number of rotatable bonds is 3. The van der Waals surface area contributed by atoms with Gasteiger partial charge in [0.05, 0.1) is 12.2 Å². The van der Waals surface area contributed by atoms with Gasteiger partial charge in [0.1, 0.15) is 11.5 Å². The van der Waals surface area contributed by atoms with Gasteiger partial charge in [-0.05, 0) is 6.92 Å². The molecule has 3 heterocycles. The Morgan fingerprint density at radius 1 is 1.38 bits per heavy atom. The number of hydrogen-bond acceptors (Lipinski definition) is 6. The van der Waals surface area contributed by atoms with Crippen molar-refractivity contribution in [2.75, 3.05) is 31.9 Å². The lowest BCUT2D eigenvalue weighted by molar-refractivity contribution is 0.0611. The van der Waals surface area contributed by atoms with Gasteiger partial charge in [0.2, 0.25) is 0 Å². The molecule has 2 aromatic rings. The van der Waals surface area contributed by atoms with E-state index >= 15 is 0 Å². The molecule has 2 aromatic heterocycles. The van der Waals surface area contributed by atoms with Crippen molar-refractivity contribution in [3.63, 3.8) is 0 Å². The number of nitrogens with one attached hydrogen (secondary N) is 1. The second-order valence-electron chi connectivity index (χ2n) is 5.21. The molecular formula is C13H18N6O2. The molecule has 112 valence electrons. The summed E-state index contributed by atoms with van der Waals surface area (Å²) in [5.74, 6) is 1.13. The SMILES string of the molecule is Cc1cc(CN2CCN(C(=O)c3cc(N)n[nH]3)CC2)on1. The van der Waals surface area contributed by atoms with Crippen LogP contribution in [0.5, 0.6) is 0 Å². The summed E-state index contributed by atoms with van der Waals surface area (Å²) in [5, 5.41) is 10.3. The van der Waals surface area contributed by atoms with Crippen LogP contribution >= 0.6 is 0 Å². The largest absolute Gasteiger partial charge is 0.382 e. The van der Waals surface area contributed by atoms with Crippen LogP contribution in [-0.4, -0.2) is 57.2 Å². The molecule has 1 amide bonds. The van der Waals surface area contributed by atoms with Gasteiger partial charge in [-0.25, -0.2) is 0 Å². The number of H-pyrrole nitrogens is 1. The van der Waals surface area contributed by atoms with Crippen LogP contribution in [0, 0.1) is 6.92 Å². The molecule has 8 nitrogen and oxygen atoms in total. The molecular weight excluding hydrogens is 272 g/mol. The Bertz CT molecular complexity index is 626. The quantitative estimate of drug-likeness (QED) is 0.839. The van der Waals surface area contributed by atoms with Gasteiger partial charge in [0.25, 0.3) is 5.91 Å². The standard InChI is InChI=1S/C13H18N6O2/c1-9-6-10(21-17-9)8-18-2-4-19(5-3-18)13(20)11-7-12(14)16-15-11/h6-7H,2-5,8H2,1H3,(H3,14,15,16). The van der Waals surface area contributed by atoms with E-state index in [4.69, 9.17) is 10.3 Å². The molecule has 1 aliphatic rings. The topological polar surface area (TPSA) is 104 Å². The Kier molecular flexibility index (Phi) is 3.61. The molecule has 3 N–H and O–H groups in total. The molecule has 0 aromatic carbocycles. The van der Waals surface area contributed by atoms with Gasteiger partial charge in [-0.1, -0.05) is 5.16 Å². The fourth-order valence-corrected chi connectivity index (χ4v) is 2.44. The van der Waals surface area contributed by atoms with Crippen LogP contribution in [0.15, 0.2) is 16.7 Å². The molecule has 0 bridgehead atoms. The maximum atomic E-state index is 12.2. The summed E-state index contributed by atoms with van der Waals surface area (Å²) in [6.45, 7) is 5.57. The molecule has 0 saturated carbocycles. The van der Waals surface area contributed by atoms with E-state index in [1.54, 1.807) is 11.0 Å². The summed E-state index contributed by atoms with van der Waals surface area (Å²) >= 11 is 0. The number of nitrogens with two attached hydrogens (primary N) is 1. The van der Waals surface area contributed by atoms with Crippen molar-refractivity contribution in [2.45, 2.75) is 13.5 Å². The van der Waals surface area contributed by atoms with Crippen molar-refractivity contribution in [2.24, 2.45) is 0 Å². The van der Waals surface area contributed by atoms with E-state index in [9.17, 15) is 4.79 Å². The van der Waals surface area contributed by atoms with Gasteiger partial charge < -0.3 is 15.2 Å². The normalized spacial score (nSPS) is 16.3. The Morgan fingerprint density at radius 3 is 2.71 bits per heavy atom. The van der Waals surface area contributed by atoms with Gasteiger partial charge in [-0.15, -0.1) is 0 Å². The van der Waals surface area contributed by atoms with Crippen LogP contribution in [0.25, 0.3) is 0 Å². The average Bonchev–Trinajstić information content (AvgIpc) is 3.08. The molecule has 1 saturated heterocycles. The van der Waals surface area contributed by atoms with Crippen LogP contribution in [-0.2, 0) is 6.54 Å². The highest BCUT2D eigenvalue weighted by Gasteiger charge is 2.23. The van der Waals surface area contributed by atoms with Crippen LogP contribution in [0.1, 0.15) is 21.9 Å². The maximum absolute atomic E-state index is 12.2. The van der Waals surface area contributed by atoms with Crippen LogP contribution in [0.2, 0.25) is 0 Å². The number of amides is 1. The fourth-order valence-electron chi connectivity index (χ4n) is 2.44. The average molecular weight is 290 g/mol. The van der Waals surface area contributed by atoms with Gasteiger partial charge >= 0.3 is 0 Å². The summed E-state index contributed by atoms with van der Waals surface area (Å²) in [6, 6.07) is 3.50. The Morgan fingerprint density at radius 2 is 2.14 bits per heavy atom. The molecule has 0 atom stereocenters. The van der Waals surface area contributed by atoms with E-state index in [-0.39, 0.29) is 5.91 Å². The predicted molar refractivity (Wildman–Crippen MR) is 75.4 cm³/mol.